The minimum absolute atomic E-state index is 0.728. The lowest BCUT2D eigenvalue weighted by molar-refractivity contribution is 0.334. The Morgan fingerprint density at radius 3 is 2.70 bits per heavy atom. The van der Waals surface area contributed by atoms with E-state index in [1.807, 2.05) is 0 Å². The van der Waals surface area contributed by atoms with Gasteiger partial charge in [0.05, 0.1) is 0 Å². The lowest BCUT2D eigenvalue weighted by atomic mass is 10.1. The molecule has 1 atom stereocenters. The maximum absolute atomic E-state index is 5.53. The fourth-order valence-corrected chi connectivity index (χ4v) is 1.49. The quantitative estimate of drug-likeness (QED) is 0.545. The van der Waals surface area contributed by atoms with Gasteiger partial charge in [0.25, 0.3) is 0 Å². The SMILES string of the molecule is NCCN1CCC(CN)C1. The van der Waals surface area contributed by atoms with Crippen LogP contribution in [0.1, 0.15) is 6.42 Å². The van der Waals surface area contributed by atoms with Gasteiger partial charge in [-0.25, -0.2) is 0 Å². The lowest BCUT2D eigenvalue weighted by Gasteiger charge is -2.13. The second-order valence-corrected chi connectivity index (χ2v) is 2.98. The van der Waals surface area contributed by atoms with Crippen molar-refractivity contribution < 1.29 is 0 Å². The summed E-state index contributed by atoms with van der Waals surface area (Å²) in [6.45, 7) is 5.00. The highest BCUT2D eigenvalue weighted by atomic mass is 15.1. The predicted octanol–water partition coefficient (Wildman–Crippen LogP) is -0.774. The van der Waals surface area contributed by atoms with Gasteiger partial charge in [-0.05, 0) is 25.4 Å². The average molecular weight is 143 g/mol. The molecule has 0 radical (unpaired) electrons. The van der Waals surface area contributed by atoms with Crippen LogP contribution in [-0.2, 0) is 0 Å². The van der Waals surface area contributed by atoms with Crippen molar-refractivity contribution in [2.24, 2.45) is 17.4 Å². The van der Waals surface area contributed by atoms with Crippen LogP contribution < -0.4 is 11.5 Å². The lowest BCUT2D eigenvalue weighted by Crippen LogP contribution is -2.28. The van der Waals surface area contributed by atoms with Gasteiger partial charge < -0.3 is 16.4 Å². The van der Waals surface area contributed by atoms with Gasteiger partial charge in [0.1, 0.15) is 0 Å². The number of hydrogen-bond donors (Lipinski definition) is 2. The van der Waals surface area contributed by atoms with Gasteiger partial charge in [0.15, 0.2) is 0 Å². The average Bonchev–Trinajstić information content (AvgIpc) is 2.37. The predicted molar refractivity (Wildman–Crippen MR) is 42.7 cm³/mol. The molecule has 0 bridgehead atoms. The first-order valence-electron chi connectivity index (χ1n) is 3.99. The Labute approximate surface area is 62.4 Å². The number of nitrogens with zero attached hydrogens (tertiary/aromatic N) is 1. The summed E-state index contributed by atoms with van der Waals surface area (Å²) < 4.78 is 0. The summed E-state index contributed by atoms with van der Waals surface area (Å²) in [5.41, 5.74) is 11.0. The Balaban J connectivity index is 2.15. The zero-order valence-corrected chi connectivity index (χ0v) is 6.42. The number of likely N-dealkylation sites (tertiary alicyclic amines) is 1. The molecular weight excluding hydrogens is 126 g/mol. The van der Waals surface area contributed by atoms with E-state index in [0.29, 0.717) is 0 Å². The molecule has 3 heteroatoms. The van der Waals surface area contributed by atoms with Gasteiger partial charge in [0, 0.05) is 19.6 Å². The Morgan fingerprint density at radius 2 is 2.20 bits per heavy atom. The summed E-state index contributed by atoms with van der Waals surface area (Å²) in [6.07, 6.45) is 1.26. The highest BCUT2D eigenvalue weighted by Crippen LogP contribution is 2.13. The molecule has 0 aromatic heterocycles. The van der Waals surface area contributed by atoms with Gasteiger partial charge >= 0.3 is 0 Å². The van der Waals surface area contributed by atoms with E-state index in [9.17, 15) is 0 Å². The van der Waals surface area contributed by atoms with Gasteiger partial charge in [-0.15, -0.1) is 0 Å². The molecule has 0 aromatic carbocycles. The van der Waals surface area contributed by atoms with Crippen LogP contribution in [0.3, 0.4) is 0 Å². The Morgan fingerprint density at radius 1 is 1.40 bits per heavy atom. The largest absolute Gasteiger partial charge is 0.330 e. The van der Waals surface area contributed by atoms with Gasteiger partial charge in [-0.1, -0.05) is 0 Å². The maximum Gasteiger partial charge on any atom is 0.0105 e. The molecule has 0 aliphatic carbocycles. The van der Waals surface area contributed by atoms with E-state index in [-0.39, 0.29) is 0 Å². The summed E-state index contributed by atoms with van der Waals surface area (Å²) in [5.74, 6) is 0.728. The third-order valence-corrected chi connectivity index (χ3v) is 2.15. The number of nitrogens with two attached hydrogens (primary N) is 2. The molecule has 0 aromatic rings. The smallest absolute Gasteiger partial charge is 0.0105 e. The molecule has 0 amide bonds. The molecule has 1 rings (SSSR count). The molecule has 0 saturated carbocycles. The van der Waals surface area contributed by atoms with E-state index in [0.717, 1.165) is 32.1 Å². The zero-order chi connectivity index (χ0) is 7.40. The molecule has 1 fully saturated rings. The van der Waals surface area contributed by atoms with E-state index < -0.39 is 0 Å². The molecule has 3 nitrogen and oxygen atoms in total. The van der Waals surface area contributed by atoms with Crippen molar-refractivity contribution in [2.75, 3.05) is 32.7 Å². The van der Waals surface area contributed by atoms with Crippen LogP contribution in [0.4, 0.5) is 0 Å². The van der Waals surface area contributed by atoms with Crippen LogP contribution in [0.5, 0.6) is 0 Å². The minimum atomic E-state index is 0.728. The van der Waals surface area contributed by atoms with Crippen molar-refractivity contribution in [2.45, 2.75) is 6.42 Å². The molecular formula is C7H17N3. The van der Waals surface area contributed by atoms with Gasteiger partial charge in [-0.2, -0.15) is 0 Å². The number of hydrogen-bond acceptors (Lipinski definition) is 3. The summed E-state index contributed by atoms with van der Waals surface area (Å²) in [7, 11) is 0. The fraction of sp³-hybridized carbons (Fsp3) is 1.00. The van der Waals surface area contributed by atoms with Crippen LogP contribution >= 0.6 is 0 Å². The zero-order valence-electron chi connectivity index (χ0n) is 6.42. The van der Waals surface area contributed by atoms with E-state index >= 15 is 0 Å². The highest BCUT2D eigenvalue weighted by Gasteiger charge is 2.19. The number of rotatable bonds is 3. The summed E-state index contributed by atoms with van der Waals surface area (Å²) in [5, 5.41) is 0. The topological polar surface area (TPSA) is 55.3 Å². The summed E-state index contributed by atoms with van der Waals surface area (Å²) in [4.78, 5) is 2.39. The molecule has 1 aliphatic heterocycles. The molecule has 60 valence electrons. The van der Waals surface area contributed by atoms with Crippen molar-refractivity contribution >= 4 is 0 Å². The third-order valence-electron chi connectivity index (χ3n) is 2.15. The van der Waals surface area contributed by atoms with Crippen LogP contribution in [0.15, 0.2) is 0 Å². The van der Waals surface area contributed by atoms with E-state index in [1.165, 1.54) is 13.0 Å². The second-order valence-electron chi connectivity index (χ2n) is 2.98. The first-order valence-corrected chi connectivity index (χ1v) is 3.99. The molecule has 1 unspecified atom stereocenters. The van der Waals surface area contributed by atoms with Crippen molar-refractivity contribution in [1.29, 1.82) is 0 Å². The molecule has 10 heavy (non-hydrogen) atoms. The molecule has 1 heterocycles. The monoisotopic (exact) mass is 143 g/mol. The van der Waals surface area contributed by atoms with Crippen LogP contribution in [0.25, 0.3) is 0 Å². The third kappa shape index (κ3) is 1.94. The van der Waals surface area contributed by atoms with E-state index in [4.69, 9.17) is 11.5 Å². The first kappa shape index (κ1) is 7.98. The molecule has 1 saturated heterocycles. The summed E-state index contributed by atoms with van der Waals surface area (Å²) in [6, 6.07) is 0. The maximum atomic E-state index is 5.53. The second kappa shape index (κ2) is 3.91. The van der Waals surface area contributed by atoms with E-state index in [1.54, 1.807) is 0 Å². The summed E-state index contributed by atoms with van der Waals surface area (Å²) >= 11 is 0. The molecule has 4 N–H and O–H groups in total. The van der Waals surface area contributed by atoms with Crippen molar-refractivity contribution in [3.8, 4) is 0 Å². The van der Waals surface area contributed by atoms with Crippen LogP contribution in [0, 0.1) is 5.92 Å². The van der Waals surface area contributed by atoms with Gasteiger partial charge in [-0.3, -0.25) is 0 Å². The van der Waals surface area contributed by atoms with Gasteiger partial charge in [0.2, 0.25) is 0 Å². The van der Waals surface area contributed by atoms with Crippen molar-refractivity contribution in [1.82, 2.24) is 4.90 Å². The molecule has 1 aliphatic rings. The van der Waals surface area contributed by atoms with Crippen LogP contribution in [-0.4, -0.2) is 37.6 Å². The first-order chi connectivity index (χ1) is 4.86. The Hall–Kier alpha value is -0.120. The van der Waals surface area contributed by atoms with Crippen LogP contribution in [0.2, 0.25) is 0 Å². The normalized spacial score (nSPS) is 27.6. The minimum Gasteiger partial charge on any atom is -0.330 e. The standard InChI is InChI=1S/C7H17N3/c8-2-4-10-3-1-7(5-9)6-10/h7H,1-6,8-9H2. The molecule has 0 spiro atoms. The van der Waals surface area contributed by atoms with Crippen molar-refractivity contribution in [3.05, 3.63) is 0 Å². The van der Waals surface area contributed by atoms with E-state index in [2.05, 4.69) is 4.90 Å². The highest BCUT2D eigenvalue weighted by molar-refractivity contribution is 4.75. The van der Waals surface area contributed by atoms with Crippen molar-refractivity contribution in [3.63, 3.8) is 0 Å². The Bertz CT molecular complexity index is 94.9. The Kier molecular flexibility index (Phi) is 3.12. The fourth-order valence-electron chi connectivity index (χ4n) is 1.49.